The van der Waals surface area contributed by atoms with E-state index < -0.39 is 0 Å². The SMILES string of the molecule is Cc1csc2nc(-c3ccc(Br)cc3)c(CCN)n12. The molecule has 0 spiro atoms. The maximum Gasteiger partial charge on any atom is 0.194 e. The number of hydrogen-bond donors (Lipinski definition) is 1. The molecule has 19 heavy (non-hydrogen) atoms. The van der Waals surface area contributed by atoms with Crippen LogP contribution in [-0.4, -0.2) is 15.9 Å². The van der Waals surface area contributed by atoms with Crippen molar-refractivity contribution in [2.75, 3.05) is 6.54 Å². The summed E-state index contributed by atoms with van der Waals surface area (Å²) in [4.78, 5) is 5.80. The number of thiazole rings is 1. The van der Waals surface area contributed by atoms with E-state index in [2.05, 4.69) is 44.8 Å². The van der Waals surface area contributed by atoms with E-state index in [1.54, 1.807) is 11.3 Å². The highest BCUT2D eigenvalue weighted by atomic mass is 79.9. The van der Waals surface area contributed by atoms with Crippen molar-refractivity contribution < 1.29 is 0 Å². The summed E-state index contributed by atoms with van der Waals surface area (Å²) in [6, 6.07) is 8.27. The highest BCUT2D eigenvalue weighted by molar-refractivity contribution is 9.10. The van der Waals surface area contributed by atoms with Crippen LogP contribution in [0.4, 0.5) is 0 Å². The number of halogens is 1. The molecule has 3 aromatic rings. The summed E-state index contributed by atoms with van der Waals surface area (Å²) < 4.78 is 3.29. The minimum atomic E-state index is 0.632. The second-order valence-corrected chi connectivity index (χ2v) is 6.20. The Labute approximate surface area is 124 Å². The van der Waals surface area contributed by atoms with Gasteiger partial charge in [-0.1, -0.05) is 28.1 Å². The Morgan fingerprint density at radius 1 is 1.32 bits per heavy atom. The van der Waals surface area contributed by atoms with Crippen LogP contribution < -0.4 is 5.73 Å². The standard InChI is InChI=1S/C14H14BrN3S/c1-9-8-19-14-17-13(12(6-7-16)18(9)14)10-2-4-11(15)5-3-10/h2-5,8H,6-7,16H2,1H3. The molecule has 0 unspecified atom stereocenters. The fraction of sp³-hybridized carbons (Fsp3) is 0.214. The molecule has 3 rings (SSSR count). The smallest absolute Gasteiger partial charge is 0.194 e. The molecule has 98 valence electrons. The van der Waals surface area contributed by atoms with E-state index in [1.165, 1.54) is 11.4 Å². The molecule has 0 amide bonds. The third kappa shape index (κ3) is 2.22. The van der Waals surface area contributed by atoms with Gasteiger partial charge in [-0.05, 0) is 25.6 Å². The van der Waals surface area contributed by atoms with E-state index >= 15 is 0 Å². The molecule has 0 atom stereocenters. The lowest BCUT2D eigenvalue weighted by Gasteiger charge is -2.04. The fourth-order valence-electron chi connectivity index (χ4n) is 2.27. The number of nitrogens with two attached hydrogens (primary N) is 1. The Hall–Kier alpha value is -1.17. The Morgan fingerprint density at radius 3 is 2.74 bits per heavy atom. The van der Waals surface area contributed by atoms with Gasteiger partial charge in [0.05, 0.1) is 11.4 Å². The maximum absolute atomic E-state index is 5.76. The maximum atomic E-state index is 5.76. The van der Waals surface area contributed by atoms with Crippen molar-refractivity contribution in [1.29, 1.82) is 0 Å². The Morgan fingerprint density at radius 2 is 2.05 bits per heavy atom. The van der Waals surface area contributed by atoms with E-state index in [-0.39, 0.29) is 0 Å². The third-order valence-corrected chi connectivity index (χ3v) is 4.60. The first kappa shape index (κ1) is 12.8. The van der Waals surface area contributed by atoms with E-state index in [4.69, 9.17) is 10.7 Å². The van der Waals surface area contributed by atoms with Crippen LogP contribution in [0.15, 0.2) is 34.1 Å². The summed E-state index contributed by atoms with van der Waals surface area (Å²) >= 11 is 5.14. The lowest BCUT2D eigenvalue weighted by Crippen LogP contribution is -2.06. The van der Waals surface area contributed by atoms with Crippen LogP contribution in [0.25, 0.3) is 16.2 Å². The van der Waals surface area contributed by atoms with Crippen molar-refractivity contribution in [2.45, 2.75) is 13.3 Å². The Balaban J connectivity index is 2.22. The predicted molar refractivity (Wildman–Crippen MR) is 83.7 cm³/mol. The van der Waals surface area contributed by atoms with Crippen LogP contribution in [0.5, 0.6) is 0 Å². The Bertz CT molecular complexity index is 712. The number of benzene rings is 1. The van der Waals surface area contributed by atoms with Gasteiger partial charge in [-0.2, -0.15) is 0 Å². The summed E-state index contributed by atoms with van der Waals surface area (Å²) in [5.74, 6) is 0. The van der Waals surface area contributed by atoms with Crippen molar-refractivity contribution in [1.82, 2.24) is 9.38 Å². The van der Waals surface area contributed by atoms with Gasteiger partial charge in [0.2, 0.25) is 0 Å². The molecule has 0 saturated heterocycles. The summed E-state index contributed by atoms with van der Waals surface area (Å²) in [5, 5.41) is 2.13. The zero-order valence-corrected chi connectivity index (χ0v) is 13.0. The van der Waals surface area contributed by atoms with Gasteiger partial charge in [0.15, 0.2) is 4.96 Å². The lowest BCUT2D eigenvalue weighted by atomic mass is 10.1. The number of rotatable bonds is 3. The molecule has 0 aliphatic heterocycles. The molecule has 0 aliphatic rings. The van der Waals surface area contributed by atoms with Crippen LogP contribution in [0.3, 0.4) is 0 Å². The molecule has 2 heterocycles. The van der Waals surface area contributed by atoms with Crippen molar-refractivity contribution in [2.24, 2.45) is 5.73 Å². The van der Waals surface area contributed by atoms with E-state index in [1.807, 2.05) is 12.1 Å². The molecule has 1 aromatic carbocycles. The molecule has 0 fully saturated rings. The van der Waals surface area contributed by atoms with Gasteiger partial charge >= 0.3 is 0 Å². The van der Waals surface area contributed by atoms with Gasteiger partial charge in [0, 0.05) is 27.5 Å². The number of nitrogens with zero attached hydrogens (tertiary/aromatic N) is 2. The highest BCUT2D eigenvalue weighted by Gasteiger charge is 2.15. The molecule has 0 bridgehead atoms. The molecule has 2 aromatic heterocycles. The zero-order chi connectivity index (χ0) is 13.4. The van der Waals surface area contributed by atoms with Gasteiger partial charge in [-0.15, -0.1) is 11.3 Å². The number of aromatic nitrogens is 2. The number of fused-ring (bicyclic) bond motifs is 1. The molecule has 5 heteroatoms. The number of hydrogen-bond acceptors (Lipinski definition) is 3. The van der Waals surface area contributed by atoms with Gasteiger partial charge < -0.3 is 5.73 Å². The number of aryl methyl sites for hydroxylation is 1. The molecular weight excluding hydrogens is 322 g/mol. The van der Waals surface area contributed by atoms with Crippen LogP contribution in [0.2, 0.25) is 0 Å². The first-order chi connectivity index (χ1) is 9.20. The molecular formula is C14H14BrN3S. The van der Waals surface area contributed by atoms with Gasteiger partial charge in [0.1, 0.15) is 0 Å². The van der Waals surface area contributed by atoms with Crippen molar-refractivity contribution in [3.8, 4) is 11.3 Å². The average Bonchev–Trinajstić information content (AvgIpc) is 2.93. The normalized spacial score (nSPS) is 11.3. The third-order valence-electron chi connectivity index (χ3n) is 3.13. The summed E-state index contributed by atoms with van der Waals surface area (Å²) in [5.41, 5.74) is 10.4. The first-order valence-electron chi connectivity index (χ1n) is 6.12. The molecule has 2 N–H and O–H groups in total. The second kappa shape index (κ2) is 5.07. The topological polar surface area (TPSA) is 43.3 Å². The molecule has 0 radical (unpaired) electrons. The van der Waals surface area contributed by atoms with Crippen LogP contribution in [0.1, 0.15) is 11.4 Å². The van der Waals surface area contributed by atoms with Gasteiger partial charge in [-0.25, -0.2) is 4.98 Å². The van der Waals surface area contributed by atoms with E-state index in [9.17, 15) is 0 Å². The minimum absolute atomic E-state index is 0.632. The van der Waals surface area contributed by atoms with Crippen LogP contribution >= 0.6 is 27.3 Å². The quantitative estimate of drug-likeness (QED) is 0.794. The van der Waals surface area contributed by atoms with Crippen molar-refractivity contribution in [3.05, 3.63) is 45.5 Å². The predicted octanol–water partition coefficient (Wildman–Crippen LogP) is 3.63. The van der Waals surface area contributed by atoms with E-state index in [0.29, 0.717) is 6.54 Å². The number of imidazole rings is 1. The fourth-order valence-corrected chi connectivity index (χ4v) is 3.42. The van der Waals surface area contributed by atoms with Crippen LogP contribution in [-0.2, 0) is 6.42 Å². The summed E-state index contributed by atoms with van der Waals surface area (Å²) in [7, 11) is 0. The molecule has 3 nitrogen and oxygen atoms in total. The average molecular weight is 336 g/mol. The largest absolute Gasteiger partial charge is 0.330 e. The highest BCUT2D eigenvalue weighted by Crippen LogP contribution is 2.29. The monoisotopic (exact) mass is 335 g/mol. The second-order valence-electron chi connectivity index (χ2n) is 4.45. The summed E-state index contributed by atoms with van der Waals surface area (Å²) in [6.45, 7) is 2.74. The lowest BCUT2D eigenvalue weighted by molar-refractivity contribution is 0.898. The van der Waals surface area contributed by atoms with Crippen LogP contribution in [0, 0.1) is 6.92 Å². The Kier molecular flexibility index (Phi) is 3.43. The molecule has 0 saturated carbocycles. The molecule has 0 aliphatic carbocycles. The minimum Gasteiger partial charge on any atom is -0.330 e. The van der Waals surface area contributed by atoms with Crippen molar-refractivity contribution >= 4 is 32.2 Å². The first-order valence-corrected chi connectivity index (χ1v) is 7.79. The van der Waals surface area contributed by atoms with Gasteiger partial charge in [0.25, 0.3) is 0 Å². The summed E-state index contributed by atoms with van der Waals surface area (Å²) in [6.07, 6.45) is 0.837. The van der Waals surface area contributed by atoms with Crippen molar-refractivity contribution in [3.63, 3.8) is 0 Å². The zero-order valence-electron chi connectivity index (χ0n) is 10.6. The van der Waals surface area contributed by atoms with Gasteiger partial charge in [-0.3, -0.25) is 4.40 Å². The van der Waals surface area contributed by atoms with E-state index in [0.717, 1.165) is 27.1 Å².